The Bertz CT molecular complexity index is 2130. The third-order valence-corrected chi connectivity index (χ3v) is 9.53. The van der Waals surface area contributed by atoms with Gasteiger partial charge >= 0.3 is 34.1 Å². The van der Waals surface area contributed by atoms with E-state index in [9.17, 15) is 42.3 Å². The molecule has 0 aliphatic heterocycles. The first-order valence-corrected chi connectivity index (χ1v) is 20.8. The quantitative estimate of drug-likeness (QED) is 0.0592. The zero-order valence-corrected chi connectivity index (χ0v) is 36.3. The molecule has 0 saturated heterocycles. The Balaban J connectivity index is 1.93. The average molecular weight is 870 g/mol. The van der Waals surface area contributed by atoms with E-state index in [1.54, 1.807) is 65.8 Å². The number of amides is 3. The summed E-state index contributed by atoms with van der Waals surface area (Å²) < 4.78 is 47.4. The predicted molar refractivity (Wildman–Crippen MR) is 221 cm³/mol. The van der Waals surface area contributed by atoms with Crippen LogP contribution in [-0.4, -0.2) is 83.8 Å². The molecule has 18 heteroatoms. The van der Waals surface area contributed by atoms with Crippen LogP contribution in [0.5, 0.6) is 11.5 Å². The maximum absolute atomic E-state index is 14.1. The lowest BCUT2D eigenvalue weighted by atomic mass is 10.0. The van der Waals surface area contributed by atoms with Gasteiger partial charge in [-0.3, -0.25) is 14.4 Å². The standard InChI is InChI=1S/C43H55N3O14S/c1-26(2)22-34(40(53)57-25-28-12-10-9-11-13-28)45-38(50)33(44-37(49)32(46-41(54)59-43(6,7)8)20-21-36(48)58-42(3,4)5)23-27-14-16-29(17-15-27)60-61(55,56)30-18-19-31(39(51)52)35(47)24-30/h9-19,24,26,32-34,47H,20-23,25H2,1-8H3,(H,44,49)(H,45,50)(H,46,54)(H,51,52)/t32-,33-,34-/m0/s1. The van der Waals surface area contributed by atoms with Crippen LogP contribution < -0.4 is 20.1 Å². The molecule has 61 heavy (non-hydrogen) atoms. The molecule has 3 aromatic rings. The minimum atomic E-state index is -4.55. The average Bonchev–Trinajstić information content (AvgIpc) is 3.14. The molecule has 3 amide bonds. The number of aromatic hydroxyl groups is 1. The molecule has 0 aliphatic rings. The molecule has 0 bridgehead atoms. The number of alkyl carbamates (subject to hydrolysis) is 1. The number of carbonyl (C=O) groups is 6. The Hall–Kier alpha value is -6.17. The molecule has 0 radical (unpaired) electrons. The zero-order chi connectivity index (χ0) is 45.7. The number of carbonyl (C=O) groups excluding carboxylic acids is 5. The number of carboxylic acid groups (broad SMARTS) is 1. The molecule has 0 heterocycles. The van der Waals surface area contributed by atoms with E-state index in [1.165, 1.54) is 24.3 Å². The van der Waals surface area contributed by atoms with Crippen LogP contribution in [0.1, 0.15) is 96.1 Å². The van der Waals surface area contributed by atoms with Crippen LogP contribution in [0.25, 0.3) is 0 Å². The van der Waals surface area contributed by atoms with E-state index in [-0.39, 0.29) is 44.0 Å². The molecule has 332 valence electrons. The first-order chi connectivity index (χ1) is 28.3. The third-order valence-electron chi connectivity index (χ3n) is 8.29. The molecule has 0 aromatic heterocycles. The van der Waals surface area contributed by atoms with Crippen molar-refractivity contribution in [1.29, 1.82) is 0 Å². The Kier molecular flexibility index (Phi) is 17.2. The number of phenols is 1. The van der Waals surface area contributed by atoms with Crippen LogP contribution >= 0.6 is 0 Å². The van der Waals surface area contributed by atoms with Gasteiger partial charge in [0.25, 0.3) is 0 Å². The summed E-state index contributed by atoms with van der Waals surface area (Å²) >= 11 is 0. The van der Waals surface area contributed by atoms with Gasteiger partial charge in [-0.25, -0.2) is 14.4 Å². The molecule has 0 aliphatic carbocycles. The van der Waals surface area contributed by atoms with Crippen molar-refractivity contribution >= 4 is 45.9 Å². The highest BCUT2D eigenvalue weighted by Gasteiger charge is 2.33. The summed E-state index contributed by atoms with van der Waals surface area (Å²) in [6, 6.07) is 13.0. The van der Waals surface area contributed by atoms with Gasteiger partial charge in [0, 0.05) is 18.9 Å². The Morgan fingerprint density at radius 1 is 0.721 bits per heavy atom. The third kappa shape index (κ3) is 17.1. The summed E-state index contributed by atoms with van der Waals surface area (Å²) in [7, 11) is -4.55. The second kappa shape index (κ2) is 21.4. The molecule has 0 unspecified atom stereocenters. The summed E-state index contributed by atoms with van der Waals surface area (Å²) in [6.45, 7) is 13.5. The summed E-state index contributed by atoms with van der Waals surface area (Å²) in [5, 5.41) is 27.0. The number of ether oxygens (including phenoxy) is 3. The zero-order valence-electron chi connectivity index (χ0n) is 35.5. The van der Waals surface area contributed by atoms with Gasteiger partial charge < -0.3 is 44.6 Å². The van der Waals surface area contributed by atoms with Gasteiger partial charge in [0.15, 0.2) is 0 Å². The summed E-state index contributed by atoms with van der Waals surface area (Å²) in [5.41, 5.74) is -1.18. The molecule has 5 N–H and O–H groups in total. The first-order valence-electron chi connectivity index (χ1n) is 19.4. The Morgan fingerprint density at radius 2 is 1.31 bits per heavy atom. The van der Waals surface area contributed by atoms with Crippen molar-refractivity contribution in [3.05, 3.63) is 89.5 Å². The maximum Gasteiger partial charge on any atom is 0.408 e. The van der Waals surface area contributed by atoms with Crippen LogP contribution in [0.2, 0.25) is 0 Å². The molecule has 0 fully saturated rings. The SMILES string of the molecule is CC(C)C[C@H](NC(=O)[C@H](Cc1ccc(OS(=O)(=O)c2ccc(C(=O)O)c(O)c2)cc1)NC(=O)[C@H](CCC(=O)OC(C)(C)C)NC(=O)OC(C)(C)C)C(=O)OCc1ccccc1. The molecular weight excluding hydrogens is 815 g/mol. The maximum atomic E-state index is 14.1. The van der Waals surface area contributed by atoms with E-state index in [0.29, 0.717) is 5.56 Å². The van der Waals surface area contributed by atoms with Crippen LogP contribution in [0.4, 0.5) is 4.79 Å². The largest absolute Gasteiger partial charge is 0.507 e. The number of nitrogens with one attached hydrogen (secondary N) is 3. The highest BCUT2D eigenvalue weighted by molar-refractivity contribution is 7.87. The summed E-state index contributed by atoms with van der Waals surface area (Å²) in [6.07, 6.45) is -1.55. The Morgan fingerprint density at radius 3 is 1.87 bits per heavy atom. The highest BCUT2D eigenvalue weighted by atomic mass is 32.2. The molecule has 3 atom stereocenters. The lowest BCUT2D eigenvalue weighted by Gasteiger charge is -2.27. The fourth-order valence-electron chi connectivity index (χ4n) is 5.58. The van der Waals surface area contributed by atoms with Crippen molar-refractivity contribution in [1.82, 2.24) is 16.0 Å². The van der Waals surface area contributed by atoms with E-state index < -0.39 is 91.5 Å². The van der Waals surface area contributed by atoms with E-state index in [2.05, 4.69) is 16.0 Å². The van der Waals surface area contributed by atoms with Crippen molar-refractivity contribution in [2.45, 2.75) is 122 Å². The van der Waals surface area contributed by atoms with Crippen LogP contribution in [0, 0.1) is 5.92 Å². The van der Waals surface area contributed by atoms with Gasteiger partial charge in [0.1, 0.15) is 57.9 Å². The fraction of sp³-hybridized carbons (Fsp3) is 0.442. The smallest absolute Gasteiger partial charge is 0.408 e. The lowest BCUT2D eigenvalue weighted by molar-refractivity contribution is -0.155. The second-order valence-electron chi connectivity index (χ2n) is 16.5. The first kappa shape index (κ1) is 49.2. The predicted octanol–water partition coefficient (Wildman–Crippen LogP) is 5.17. The molecule has 0 saturated carbocycles. The molecule has 0 spiro atoms. The van der Waals surface area contributed by atoms with E-state index in [4.69, 9.17) is 23.5 Å². The number of benzene rings is 3. The Labute approximate surface area is 355 Å². The van der Waals surface area contributed by atoms with Gasteiger partial charge in [-0.15, -0.1) is 0 Å². The summed E-state index contributed by atoms with van der Waals surface area (Å²) in [5.74, 6) is -5.54. The molecular formula is C43H55N3O14S. The van der Waals surface area contributed by atoms with Crippen molar-refractivity contribution in [2.24, 2.45) is 5.92 Å². The van der Waals surface area contributed by atoms with Crippen molar-refractivity contribution in [3.63, 3.8) is 0 Å². The number of carboxylic acids is 1. The number of rotatable bonds is 19. The van der Waals surface area contributed by atoms with Gasteiger partial charge in [-0.1, -0.05) is 56.3 Å². The molecule has 3 aromatic carbocycles. The van der Waals surface area contributed by atoms with Crippen molar-refractivity contribution in [2.75, 3.05) is 0 Å². The monoisotopic (exact) mass is 869 g/mol. The van der Waals surface area contributed by atoms with E-state index >= 15 is 0 Å². The van der Waals surface area contributed by atoms with E-state index in [1.807, 2.05) is 19.9 Å². The second-order valence-corrected chi connectivity index (χ2v) is 18.1. The molecule has 17 nitrogen and oxygen atoms in total. The lowest BCUT2D eigenvalue weighted by Crippen LogP contribution is -2.57. The van der Waals surface area contributed by atoms with Gasteiger partial charge in [0.05, 0.1) is 0 Å². The van der Waals surface area contributed by atoms with Gasteiger partial charge in [-0.05, 0) is 95.7 Å². The molecule has 3 rings (SSSR count). The van der Waals surface area contributed by atoms with Crippen LogP contribution in [-0.2, 0) is 56.5 Å². The fourth-order valence-corrected chi connectivity index (χ4v) is 6.53. The van der Waals surface area contributed by atoms with Crippen LogP contribution in [0.3, 0.4) is 0 Å². The normalized spacial score (nSPS) is 13.2. The van der Waals surface area contributed by atoms with Gasteiger partial charge in [-0.2, -0.15) is 8.42 Å². The topological polar surface area (TPSA) is 250 Å². The number of aromatic carboxylic acids is 1. The minimum Gasteiger partial charge on any atom is -0.507 e. The minimum absolute atomic E-state index is 0.0566. The summed E-state index contributed by atoms with van der Waals surface area (Å²) in [4.78, 5) is 77.8. The van der Waals surface area contributed by atoms with Crippen molar-refractivity contribution < 1.29 is 65.8 Å². The number of esters is 2. The van der Waals surface area contributed by atoms with E-state index in [0.717, 1.165) is 23.8 Å². The number of hydrogen-bond donors (Lipinski definition) is 5. The van der Waals surface area contributed by atoms with Crippen molar-refractivity contribution in [3.8, 4) is 11.5 Å². The highest BCUT2D eigenvalue weighted by Crippen LogP contribution is 2.25. The van der Waals surface area contributed by atoms with Crippen LogP contribution in [0.15, 0.2) is 77.7 Å². The van der Waals surface area contributed by atoms with Gasteiger partial charge in [0.2, 0.25) is 11.8 Å². The number of hydrogen-bond acceptors (Lipinski definition) is 13.